The maximum Gasteiger partial charge on any atom is 0.343 e. The monoisotopic (exact) mass is 827 g/mol. The summed E-state index contributed by atoms with van der Waals surface area (Å²) in [6.07, 6.45) is 6.55. The van der Waals surface area contributed by atoms with Gasteiger partial charge >= 0.3 is 12.0 Å². The van der Waals surface area contributed by atoms with E-state index in [1.807, 2.05) is 38.1 Å². The molecule has 0 aliphatic rings. The zero-order chi connectivity index (χ0) is 43.0. The zero-order valence-corrected chi connectivity index (χ0v) is 33.4. The number of carbonyl (C=O) groups excluding carboxylic acids is 2. The number of anilines is 2. The van der Waals surface area contributed by atoms with Crippen molar-refractivity contribution < 1.29 is 24.5 Å². The second-order valence-electron chi connectivity index (χ2n) is 13.4. The number of aromatic hydroxyl groups is 1. The van der Waals surface area contributed by atoms with Crippen LogP contribution < -0.4 is 11.5 Å². The Morgan fingerprint density at radius 3 is 1.57 bits per heavy atom. The van der Waals surface area contributed by atoms with Crippen LogP contribution in [0, 0.1) is 0 Å². The first-order valence-corrected chi connectivity index (χ1v) is 19.2. The Balaban J connectivity index is 1.30. The molecule has 0 unspecified atom stereocenters. The number of esters is 1. The molecule has 0 spiro atoms. The Labute approximate surface area is 347 Å². The highest BCUT2D eigenvalue weighted by atomic mass is 16.5. The molecular weight excluding hydrogens is 787 g/mol. The number of carbonyl (C=O) groups is 2. The Kier molecular flexibility index (Phi) is 12.3. The molecule has 61 heavy (non-hydrogen) atoms. The van der Waals surface area contributed by atoms with Crippen LogP contribution in [0.15, 0.2) is 93.5 Å². The fourth-order valence-corrected chi connectivity index (χ4v) is 6.14. The summed E-state index contributed by atoms with van der Waals surface area (Å²) in [4.78, 5) is 38.2. The SMILES string of the molecule is CCCCc1nn(-c2nc(O)nc(-n3nc(CCCC)c(/N=N/c4c(C(=O)OC)cnn4-c4ccccc4)c3N)n2)c(N)c1/N=N/c1c(C(=O)CO)cnn1-c1ccccc1. The van der Waals surface area contributed by atoms with Crippen molar-refractivity contribution in [2.45, 2.75) is 52.4 Å². The number of methoxy groups -OCH3 is 1. The molecule has 0 saturated heterocycles. The normalized spacial score (nSPS) is 11.6. The highest BCUT2D eigenvalue weighted by molar-refractivity contribution is 6.00. The summed E-state index contributed by atoms with van der Waals surface area (Å²) in [6.45, 7) is 3.26. The summed E-state index contributed by atoms with van der Waals surface area (Å²) in [5, 5.41) is 56.3. The van der Waals surface area contributed by atoms with Gasteiger partial charge in [0.25, 0.3) is 11.9 Å². The Morgan fingerprint density at radius 2 is 1.13 bits per heavy atom. The molecule has 2 aromatic carbocycles. The molecule has 0 bridgehead atoms. The van der Waals surface area contributed by atoms with Crippen LogP contribution in [0.2, 0.25) is 0 Å². The predicted octanol–water partition coefficient (Wildman–Crippen LogP) is 5.96. The van der Waals surface area contributed by atoms with E-state index >= 15 is 0 Å². The van der Waals surface area contributed by atoms with Gasteiger partial charge in [0.05, 0.1) is 47.8 Å². The van der Waals surface area contributed by atoms with Crippen molar-refractivity contribution in [2.24, 2.45) is 20.5 Å². The lowest BCUT2D eigenvalue weighted by Crippen LogP contribution is -2.13. The van der Waals surface area contributed by atoms with Crippen molar-refractivity contribution in [1.29, 1.82) is 0 Å². The molecule has 22 nitrogen and oxygen atoms in total. The molecule has 5 heterocycles. The number of rotatable bonds is 17. The van der Waals surface area contributed by atoms with Crippen molar-refractivity contribution in [3.8, 4) is 29.3 Å². The molecule has 0 aliphatic heterocycles. The highest BCUT2D eigenvalue weighted by Gasteiger charge is 2.25. The number of hydrogen-bond donors (Lipinski definition) is 4. The van der Waals surface area contributed by atoms with Gasteiger partial charge in [0.1, 0.15) is 12.2 Å². The van der Waals surface area contributed by atoms with Crippen LogP contribution >= 0.6 is 0 Å². The Morgan fingerprint density at radius 1 is 0.672 bits per heavy atom. The van der Waals surface area contributed by atoms with Gasteiger partial charge in [0, 0.05) is 0 Å². The van der Waals surface area contributed by atoms with E-state index in [0.717, 1.165) is 12.8 Å². The fraction of sp³-hybridized carbons (Fsp3) is 0.256. The second kappa shape index (κ2) is 18.3. The minimum Gasteiger partial charge on any atom is -0.479 e. The van der Waals surface area contributed by atoms with Gasteiger partial charge in [-0.2, -0.15) is 44.7 Å². The molecule has 5 aromatic heterocycles. The first-order valence-electron chi connectivity index (χ1n) is 19.2. The molecule has 312 valence electrons. The first-order chi connectivity index (χ1) is 29.7. The average molecular weight is 828 g/mol. The molecule has 6 N–H and O–H groups in total. The first kappa shape index (κ1) is 41.2. The van der Waals surface area contributed by atoms with E-state index in [4.69, 9.17) is 16.2 Å². The molecule has 22 heteroatoms. The number of nitrogens with two attached hydrogens (primary N) is 2. The lowest BCUT2D eigenvalue weighted by atomic mass is 10.2. The van der Waals surface area contributed by atoms with Gasteiger partial charge in [0.2, 0.25) is 0 Å². The van der Waals surface area contributed by atoms with Crippen LogP contribution in [0.25, 0.3) is 23.3 Å². The molecule has 0 saturated carbocycles. The van der Waals surface area contributed by atoms with Gasteiger partial charge < -0.3 is 26.4 Å². The van der Waals surface area contributed by atoms with Crippen LogP contribution in [0.5, 0.6) is 6.01 Å². The number of aryl methyl sites for hydroxylation is 2. The van der Waals surface area contributed by atoms with Crippen molar-refractivity contribution in [1.82, 2.24) is 54.1 Å². The third-order valence-electron chi connectivity index (χ3n) is 9.27. The summed E-state index contributed by atoms with van der Waals surface area (Å²) in [7, 11) is 1.25. The summed E-state index contributed by atoms with van der Waals surface area (Å²) in [5.74, 6) is -1.60. The van der Waals surface area contributed by atoms with Crippen molar-refractivity contribution in [3.63, 3.8) is 0 Å². The van der Waals surface area contributed by atoms with E-state index < -0.39 is 24.4 Å². The van der Waals surface area contributed by atoms with Crippen molar-refractivity contribution in [2.75, 3.05) is 25.2 Å². The van der Waals surface area contributed by atoms with Gasteiger partial charge in [-0.1, -0.05) is 63.1 Å². The molecule has 7 rings (SSSR count). The van der Waals surface area contributed by atoms with Gasteiger partial charge in [-0.3, -0.25) is 4.79 Å². The van der Waals surface area contributed by atoms with Crippen LogP contribution in [0.1, 0.15) is 71.6 Å². The van der Waals surface area contributed by atoms with Crippen LogP contribution in [-0.2, 0) is 17.6 Å². The van der Waals surface area contributed by atoms with Crippen LogP contribution in [0.4, 0.5) is 34.6 Å². The lowest BCUT2D eigenvalue weighted by Gasteiger charge is -2.06. The number of aromatic nitrogens is 11. The minimum absolute atomic E-state index is 0.0355. The number of benzene rings is 2. The summed E-state index contributed by atoms with van der Waals surface area (Å²) < 4.78 is 10.2. The molecule has 0 atom stereocenters. The van der Waals surface area contributed by atoms with Gasteiger partial charge in [-0.15, -0.1) is 20.5 Å². The molecular formula is C39H41N17O5. The van der Waals surface area contributed by atoms with Gasteiger partial charge in [-0.25, -0.2) is 14.2 Å². The fourth-order valence-electron chi connectivity index (χ4n) is 6.14. The Bertz CT molecular complexity index is 2550. The van der Waals surface area contributed by atoms with E-state index in [-0.39, 0.29) is 57.7 Å². The number of nitrogens with zero attached hydrogens (tertiary/aromatic N) is 15. The summed E-state index contributed by atoms with van der Waals surface area (Å²) in [5.41, 5.74) is 15.9. The number of para-hydroxylation sites is 2. The number of aliphatic hydroxyl groups excluding tert-OH is 1. The van der Waals surface area contributed by atoms with Gasteiger partial charge in [-0.05, 0) is 49.9 Å². The van der Waals surface area contributed by atoms with E-state index in [1.54, 1.807) is 36.4 Å². The summed E-state index contributed by atoms with van der Waals surface area (Å²) >= 11 is 0. The third-order valence-corrected chi connectivity index (χ3v) is 9.27. The predicted molar refractivity (Wildman–Crippen MR) is 220 cm³/mol. The van der Waals surface area contributed by atoms with E-state index in [1.165, 1.54) is 38.2 Å². The van der Waals surface area contributed by atoms with E-state index in [0.29, 0.717) is 48.4 Å². The smallest absolute Gasteiger partial charge is 0.343 e. The van der Waals surface area contributed by atoms with E-state index in [9.17, 15) is 19.8 Å². The maximum atomic E-state index is 12.7. The number of azo groups is 2. The number of unbranched alkanes of at least 4 members (excludes halogenated alkanes) is 2. The number of nitrogen functional groups attached to an aromatic ring is 2. The number of ether oxygens (including phenoxy) is 1. The van der Waals surface area contributed by atoms with Gasteiger partial charge in [0.15, 0.2) is 40.4 Å². The number of ketones is 1. The maximum absolute atomic E-state index is 12.7. The summed E-state index contributed by atoms with van der Waals surface area (Å²) in [6, 6.07) is 17.3. The van der Waals surface area contributed by atoms with Crippen molar-refractivity contribution in [3.05, 3.63) is 95.6 Å². The van der Waals surface area contributed by atoms with E-state index in [2.05, 4.69) is 55.8 Å². The number of Topliss-reactive ketones (excluding diaryl/α,β-unsaturated/α-hetero) is 1. The standard InChI is InChI=1S/C39H41N17O5/c1-4-6-18-27-30(47-49-34-25(29(58)22-57)20-42-53(34)23-14-10-8-11-15-23)32(40)55(51-27)37-44-38(46-39(60)45-37)56-33(41)31(28(52-56)19-7-5-2)48-50-35-26(36(59)61-3)21-43-54(35)24-16-12-9-13-17-24/h8-17,20-21,57H,4-7,18-19,22,40-41H2,1-3H3,(H,44,45,46,60)/b49-47+,50-48+. The topological polar surface area (TPSA) is 295 Å². The molecule has 7 aromatic rings. The molecule has 0 aliphatic carbocycles. The zero-order valence-electron chi connectivity index (χ0n) is 33.4. The molecule has 0 amide bonds. The quantitative estimate of drug-likeness (QED) is 0.0468. The second-order valence-corrected chi connectivity index (χ2v) is 13.4. The molecule has 0 fully saturated rings. The largest absolute Gasteiger partial charge is 0.479 e. The van der Waals surface area contributed by atoms with Crippen molar-refractivity contribution >= 4 is 46.4 Å². The Hall–Kier alpha value is -8.01. The average Bonchev–Trinajstić information content (AvgIpc) is 4.06. The lowest BCUT2D eigenvalue weighted by molar-refractivity contribution is 0.0601. The highest BCUT2D eigenvalue weighted by Crippen LogP contribution is 2.36. The van der Waals surface area contributed by atoms with Crippen LogP contribution in [0.3, 0.4) is 0 Å². The number of aliphatic hydroxyl groups is 1. The third kappa shape index (κ3) is 8.45. The minimum atomic E-state index is -0.766. The number of hydrogen-bond acceptors (Lipinski definition) is 18. The van der Waals surface area contributed by atoms with Crippen LogP contribution in [-0.4, -0.2) is 89.8 Å². The molecule has 0 radical (unpaired) electrons.